The Hall–Kier alpha value is -3.26. The minimum atomic E-state index is -0.280. The fourth-order valence-corrected chi connectivity index (χ4v) is 4.26. The summed E-state index contributed by atoms with van der Waals surface area (Å²) in [5.74, 6) is 1.43. The lowest BCUT2D eigenvalue weighted by atomic mass is 9.96. The standard InChI is InChI=1S/C24H22ClFN4O3/c1-14-12-16(2-4-18(14)26)23-28-21(33-29-23)6-7-22(31)30-10-8-15(9-11-30)24-27-19-13-17(25)3-5-20(19)32-24/h2-5,12-13,15H,6-11H2,1H3. The predicted molar refractivity (Wildman–Crippen MR) is 120 cm³/mol. The lowest BCUT2D eigenvalue weighted by Crippen LogP contribution is -2.38. The molecule has 170 valence electrons. The zero-order valence-electron chi connectivity index (χ0n) is 18.1. The number of hydrogen-bond acceptors (Lipinski definition) is 6. The topological polar surface area (TPSA) is 85.3 Å². The monoisotopic (exact) mass is 468 g/mol. The highest BCUT2D eigenvalue weighted by atomic mass is 35.5. The molecule has 2 aromatic heterocycles. The van der Waals surface area contributed by atoms with Gasteiger partial charge in [0.15, 0.2) is 11.5 Å². The van der Waals surface area contributed by atoms with Crippen molar-refractivity contribution in [2.45, 2.75) is 38.5 Å². The van der Waals surface area contributed by atoms with Gasteiger partial charge in [-0.2, -0.15) is 4.98 Å². The van der Waals surface area contributed by atoms with Gasteiger partial charge in [0.05, 0.1) is 0 Å². The number of likely N-dealkylation sites (tertiary alicyclic amines) is 1. The fraction of sp³-hybridized carbons (Fsp3) is 0.333. The lowest BCUT2D eigenvalue weighted by molar-refractivity contribution is -0.132. The van der Waals surface area contributed by atoms with Crippen molar-refractivity contribution in [1.29, 1.82) is 0 Å². The number of nitrogens with zero attached hydrogens (tertiary/aromatic N) is 4. The molecule has 1 amide bonds. The van der Waals surface area contributed by atoms with Crippen LogP contribution in [0.25, 0.3) is 22.5 Å². The Kier molecular flexibility index (Phi) is 5.85. The van der Waals surface area contributed by atoms with Crippen LogP contribution in [0.1, 0.15) is 42.5 Å². The summed E-state index contributed by atoms with van der Waals surface area (Å²) in [6.07, 6.45) is 2.23. The minimum absolute atomic E-state index is 0.0511. The molecule has 3 heterocycles. The Morgan fingerprint density at radius 3 is 2.79 bits per heavy atom. The summed E-state index contributed by atoms with van der Waals surface area (Å²) >= 11 is 6.03. The van der Waals surface area contributed by atoms with Crippen LogP contribution in [0.4, 0.5) is 4.39 Å². The third-order valence-corrected chi connectivity index (χ3v) is 6.24. The Labute approximate surface area is 194 Å². The first-order valence-electron chi connectivity index (χ1n) is 10.9. The second kappa shape index (κ2) is 8.94. The molecule has 1 saturated heterocycles. The third kappa shape index (κ3) is 4.61. The number of halogens is 2. The molecule has 4 aromatic rings. The van der Waals surface area contributed by atoms with Crippen LogP contribution in [0, 0.1) is 12.7 Å². The van der Waals surface area contributed by atoms with Crippen molar-refractivity contribution in [2.24, 2.45) is 0 Å². The van der Waals surface area contributed by atoms with Gasteiger partial charge in [-0.1, -0.05) is 16.8 Å². The number of oxazole rings is 1. The van der Waals surface area contributed by atoms with E-state index in [1.165, 1.54) is 6.07 Å². The van der Waals surface area contributed by atoms with Crippen molar-refractivity contribution in [3.8, 4) is 11.4 Å². The van der Waals surface area contributed by atoms with Crippen LogP contribution < -0.4 is 0 Å². The lowest BCUT2D eigenvalue weighted by Gasteiger charge is -2.30. The first-order chi connectivity index (χ1) is 16.0. The van der Waals surface area contributed by atoms with Crippen LogP contribution in [-0.2, 0) is 11.2 Å². The number of benzene rings is 2. The highest BCUT2D eigenvalue weighted by molar-refractivity contribution is 6.31. The van der Waals surface area contributed by atoms with Gasteiger partial charge in [-0.15, -0.1) is 0 Å². The van der Waals surface area contributed by atoms with Crippen molar-refractivity contribution in [3.05, 3.63) is 64.6 Å². The van der Waals surface area contributed by atoms with Crippen LogP contribution >= 0.6 is 11.6 Å². The van der Waals surface area contributed by atoms with Gasteiger partial charge in [0, 0.05) is 42.4 Å². The number of carbonyl (C=O) groups excluding carboxylic acids is 1. The van der Waals surface area contributed by atoms with E-state index in [0.717, 1.165) is 23.9 Å². The maximum absolute atomic E-state index is 13.5. The molecule has 0 radical (unpaired) electrons. The summed E-state index contributed by atoms with van der Waals surface area (Å²) in [6, 6.07) is 10.1. The van der Waals surface area contributed by atoms with Gasteiger partial charge >= 0.3 is 0 Å². The fourth-order valence-electron chi connectivity index (χ4n) is 4.10. The van der Waals surface area contributed by atoms with Gasteiger partial charge in [0.1, 0.15) is 11.3 Å². The minimum Gasteiger partial charge on any atom is -0.440 e. The maximum atomic E-state index is 13.5. The zero-order chi connectivity index (χ0) is 22.9. The molecule has 0 spiro atoms. The molecule has 1 fully saturated rings. The summed E-state index contributed by atoms with van der Waals surface area (Å²) in [5.41, 5.74) is 2.67. The summed E-state index contributed by atoms with van der Waals surface area (Å²) < 4.78 is 24.6. The Morgan fingerprint density at radius 2 is 2.00 bits per heavy atom. The number of aryl methyl sites for hydroxylation is 2. The van der Waals surface area contributed by atoms with Crippen LogP contribution in [0.3, 0.4) is 0 Å². The molecule has 0 aliphatic carbocycles. The zero-order valence-corrected chi connectivity index (χ0v) is 18.8. The number of rotatable bonds is 5. The van der Waals surface area contributed by atoms with Crippen LogP contribution in [0.2, 0.25) is 5.02 Å². The molecule has 7 nitrogen and oxygen atoms in total. The van der Waals surface area contributed by atoms with Gasteiger partial charge in [0.25, 0.3) is 0 Å². The predicted octanol–water partition coefficient (Wildman–Crippen LogP) is 5.32. The van der Waals surface area contributed by atoms with Crippen LogP contribution in [0.5, 0.6) is 0 Å². The Morgan fingerprint density at radius 1 is 1.18 bits per heavy atom. The molecule has 0 N–H and O–H groups in total. The highest BCUT2D eigenvalue weighted by Crippen LogP contribution is 2.31. The Bertz CT molecular complexity index is 1310. The molecule has 1 aliphatic heterocycles. The molecule has 0 bridgehead atoms. The summed E-state index contributed by atoms with van der Waals surface area (Å²) in [6.45, 7) is 2.97. The van der Waals surface area contributed by atoms with Crippen molar-refractivity contribution in [3.63, 3.8) is 0 Å². The largest absolute Gasteiger partial charge is 0.440 e. The number of aromatic nitrogens is 3. The second-order valence-electron chi connectivity index (χ2n) is 8.29. The van der Waals surface area contributed by atoms with Crippen LogP contribution in [-0.4, -0.2) is 39.0 Å². The first-order valence-corrected chi connectivity index (χ1v) is 11.3. The van der Waals surface area contributed by atoms with E-state index < -0.39 is 0 Å². The van der Waals surface area contributed by atoms with Crippen LogP contribution in [0.15, 0.2) is 45.3 Å². The second-order valence-corrected chi connectivity index (χ2v) is 8.73. The van der Waals surface area contributed by atoms with Gasteiger partial charge in [-0.3, -0.25) is 4.79 Å². The van der Waals surface area contributed by atoms with Gasteiger partial charge < -0.3 is 13.8 Å². The highest BCUT2D eigenvalue weighted by Gasteiger charge is 2.27. The molecule has 33 heavy (non-hydrogen) atoms. The number of amides is 1. The van der Waals surface area contributed by atoms with Crippen molar-refractivity contribution >= 4 is 28.6 Å². The third-order valence-electron chi connectivity index (χ3n) is 6.00. The van der Waals surface area contributed by atoms with E-state index in [1.807, 2.05) is 11.0 Å². The average Bonchev–Trinajstić information content (AvgIpc) is 3.46. The molecular formula is C24H22ClFN4O3. The quantitative estimate of drug-likeness (QED) is 0.394. The van der Waals surface area contributed by atoms with Gasteiger partial charge in [-0.05, 0) is 61.7 Å². The number of fused-ring (bicyclic) bond motifs is 1. The molecule has 5 rings (SSSR count). The van der Waals surface area contributed by atoms with E-state index >= 15 is 0 Å². The number of carbonyl (C=O) groups is 1. The molecule has 9 heteroatoms. The Balaban J connectivity index is 1.15. The SMILES string of the molecule is Cc1cc(-c2noc(CCC(=O)N3CCC(c4nc5cc(Cl)ccc5o4)CC3)n2)ccc1F. The summed E-state index contributed by atoms with van der Waals surface area (Å²) in [4.78, 5) is 23.5. The van der Waals surface area contributed by atoms with Crippen molar-refractivity contribution in [2.75, 3.05) is 13.1 Å². The average molecular weight is 469 g/mol. The smallest absolute Gasteiger partial charge is 0.227 e. The molecule has 1 aliphatic rings. The normalized spacial score (nSPS) is 14.8. The molecule has 0 unspecified atom stereocenters. The van der Waals surface area contributed by atoms with Gasteiger partial charge in [-0.25, -0.2) is 9.37 Å². The molecular weight excluding hydrogens is 447 g/mol. The van der Waals surface area contributed by atoms with E-state index in [1.54, 1.807) is 31.2 Å². The molecule has 2 aromatic carbocycles. The van der Waals surface area contributed by atoms with Gasteiger partial charge in [0.2, 0.25) is 17.6 Å². The van der Waals surface area contributed by atoms with E-state index in [-0.39, 0.29) is 24.1 Å². The maximum Gasteiger partial charge on any atom is 0.227 e. The summed E-state index contributed by atoms with van der Waals surface area (Å²) in [5, 5.41) is 4.58. The number of piperidine rings is 1. The van der Waals surface area contributed by atoms with E-state index in [0.29, 0.717) is 53.3 Å². The molecule has 0 saturated carbocycles. The first kappa shape index (κ1) is 21.6. The van der Waals surface area contributed by atoms with E-state index in [4.69, 9.17) is 20.5 Å². The van der Waals surface area contributed by atoms with Crippen molar-refractivity contribution < 1.29 is 18.1 Å². The van der Waals surface area contributed by atoms with E-state index in [9.17, 15) is 9.18 Å². The summed E-state index contributed by atoms with van der Waals surface area (Å²) in [7, 11) is 0. The van der Waals surface area contributed by atoms with E-state index in [2.05, 4.69) is 15.1 Å². The molecule has 0 atom stereocenters. The number of hydrogen-bond donors (Lipinski definition) is 0. The van der Waals surface area contributed by atoms with Crippen molar-refractivity contribution in [1.82, 2.24) is 20.0 Å².